The zero-order valence-electron chi connectivity index (χ0n) is 16.4. The van der Waals surface area contributed by atoms with Crippen molar-refractivity contribution in [3.05, 3.63) is 60.7 Å². The lowest BCUT2D eigenvalue weighted by atomic mass is 10.1. The van der Waals surface area contributed by atoms with Crippen molar-refractivity contribution in [2.75, 3.05) is 25.1 Å². The van der Waals surface area contributed by atoms with E-state index >= 15 is 0 Å². The number of rotatable bonds is 9. The monoisotopic (exact) mass is 393 g/mol. The van der Waals surface area contributed by atoms with Gasteiger partial charge in [-0.15, -0.1) is 10.2 Å². The molecule has 3 rings (SSSR count). The molecule has 7 nitrogen and oxygen atoms in total. The summed E-state index contributed by atoms with van der Waals surface area (Å²) in [6.45, 7) is 4.74. The highest BCUT2D eigenvalue weighted by molar-refractivity contribution is 5.92. The Morgan fingerprint density at radius 2 is 1.52 bits per heavy atom. The molecule has 0 saturated carbocycles. The first-order chi connectivity index (χ1) is 14.2. The van der Waals surface area contributed by atoms with Gasteiger partial charge in [0.2, 0.25) is 5.88 Å². The molecule has 0 bridgehead atoms. The number of ether oxygens (including phenoxy) is 3. The highest BCUT2D eigenvalue weighted by Crippen LogP contribution is 2.26. The van der Waals surface area contributed by atoms with E-state index in [-0.39, 0.29) is 12.5 Å². The lowest BCUT2D eigenvalue weighted by molar-refractivity contribution is -0.118. The second kappa shape index (κ2) is 10.1. The van der Waals surface area contributed by atoms with E-state index in [9.17, 15) is 4.79 Å². The lowest BCUT2D eigenvalue weighted by Crippen LogP contribution is -2.20. The molecule has 0 unspecified atom stereocenters. The minimum atomic E-state index is -0.259. The van der Waals surface area contributed by atoms with Crippen LogP contribution in [0.3, 0.4) is 0 Å². The SMILES string of the molecule is CCOc1ccc(-c2ccc(NC(=O)COc3ccccc3OCC)cc2)nn1. The summed E-state index contributed by atoms with van der Waals surface area (Å²) >= 11 is 0. The average Bonchev–Trinajstić information content (AvgIpc) is 2.75. The van der Waals surface area contributed by atoms with Gasteiger partial charge < -0.3 is 19.5 Å². The summed E-state index contributed by atoms with van der Waals surface area (Å²) in [6, 6.07) is 18.2. The largest absolute Gasteiger partial charge is 0.490 e. The van der Waals surface area contributed by atoms with Gasteiger partial charge in [-0.25, -0.2) is 0 Å². The van der Waals surface area contributed by atoms with Crippen LogP contribution in [0.1, 0.15) is 13.8 Å². The van der Waals surface area contributed by atoms with E-state index in [0.717, 1.165) is 11.3 Å². The smallest absolute Gasteiger partial charge is 0.262 e. The third kappa shape index (κ3) is 5.68. The molecule has 29 heavy (non-hydrogen) atoms. The number of anilines is 1. The standard InChI is InChI=1S/C22H23N3O4/c1-3-27-19-7-5-6-8-20(19)29-15-21(26)23-17-11-9-16(10-12-17)18-13-14-22(25-24-18)28-4-2/h5-14H,3-4,15H2,1-2H3,(H,23,26). The number of nitrogens with zero attached hydrogens (tertiary/aromatic N) is 2. The van der Waals surface area contributed by atoms with Crippen molar-refractivity contribution in [1.29, 1.82) is 0 Å². The van der Waals surface area contributed by atoms with Crippen LogP contribution in [0.2, 0.25) is 0 Å². The molecule has 150 valence electrons. The number of hydrogen-bond acceptors (Lipinski definition) is 6. The number of carbonyl (C=O) groups is 1. The fourth-order valence-electron chi connectivity index (χ4n) is 2.61. The van der Waals surface area contributed by atoms with E-state index in [2.05, 4.69) is 15.5 Å². The first-order valence-electron chi connectivity index (χ1n) is 9.41. The fourth-order valence-corrected chi connectivity index (χ4v) is 2.61. The van der Waals surface area contributed by atoms with Crippen LogP contribution in [0.15, 0.2) is 60.7 Å². The van der Waals surface area contributed by atoms with Gasteiger partial charge >= 0.3 is 0 Å². The third-order valence-electron chi connectivity index (χ3n) is 3.90. The number of nitrogens with one attached hydrogen (secondary N) is 1. The molecule has 1 aromatic heterocycles. The van der Waals surface area contributed by atoms with E-state index in [1.54, 1.807) is 30.3 Å². The number of hydrogen-bond donors (Lipinski definition) is 1. The third-order valence-corrected chi connectivity index (χ3v) is 3.90. The van der Waals surface area contributed by atoms with E-state index in [1.165, 1.54) is 0 Å². The van der Waals surface area contributed by atoms with Crippen molar-refractivity contribution in [2.45, 2.75) is 13.8 Å². The van der Waals surface area contributed by atoms with Gasteiger partial charge in [0.15, 0.2) is 18.1 Å². The van der Waals surface area contributed by atoms with Crippen LogP contribution >= 0.6 is 0 Å². The highest BCUT2D eigenvalue weighted by Gasteiger charge is 2.08. The van der Waals surface area contributed by atoms with Crippen LogP contribution in [-0.4, -0.2) is 35.9 Å². The van der Waals surface area contributed by atoms with Crippen LogP contribution in [0.5, 0.6) is 17.4 Å². The zero-order valence-corrected chi connectivity index (χ0v) is 16.4. The number of benzene rings is 2. The Morgan fingerprint density at radius 1 is 0.828 bits per heavy atom. The van der Waals surface area contributed by atoms with E-state index in [4.69, 9.17) is 14.2 Å². The van der Waals surface area contributed by atoms with E-state index < -0.39 is 0 Å². The molecular formula is C22H23N3O4. The summed E-state index contributed by atoms with van der Waals surface area (Å²) in [6.07, 6.45) is 0. The van der Waals surface area contributed by atoms with Crippen molar-refractivity contribution in [2.24, 2.45) is 0 Å². The lowest BCUT2D eigenvalue weighted by Gasteiger charge is -2.11. The van der Waals surface area contributed by atoms with Crippen LogP contribution in [0.25, 0.3) is 11.3 Å². The summed E-state index contributed by atoms with van der Waals surface area (Å²) in [7, 11) is 0. The van der Waals surface area contributed by atoms with Crippen LogP contribution < -0.4 is 19.5 Å². The van der Waals surface area contributed by atoms with Crippen LogP contribution in [-0.2, 0) is 4.79 Å². The van der Waals surface area contributed by atoms with Crippen molar-refractivity contribution in [1.82, 2.24) is 10.2 Å². The van der Waals surface area contributed by atoms with Gasteiger partial charge in [0.1, 0.15) is 0 Å². The zero-order chi connectivity index (χ0) is 20.5. The Labute approximate surface area is 169 Å². The molecule has 0 atom stereocenters. The van der Waals surface area contributed by atoms with Crippen molar-refractivity contribution >= 4 is 11.6 Å². The number of carbonyl (C=O) groups excluding carboxylic acids is 1. The summed E-state index contributed by atoms with van der Waals surface area (Å²) < 4.78 is 16.4. The molecule has 0 aliphatic heterocycles. The molecule has 2 aromatic carbocycles. The summed E-state index contributed by atoms with van der Waals surface area (Å²) in [5.41, 5.74) is 2.28. The molecule has 0 fully saturated rings. The summed E-state index contributed by atoms with van der Waals surface area (Å²) in [5, 5.41) is 11.0. The maximum absolute atomic E-state index is 12.2. The predicted molar refractivity (Wildman–Crippen MR) is 110 cm³/mol. The molecule has 1 N–H and O–H groups in total. The molecule has 7 heteroatoms. The Kier molecular flexibility index (Phi) is 7.00. The number of aromatic nitrogens is 2. The first kappa shape index (κ1) is 20.1. The molecule has 0 aliphatic rings. The molecule has 3 aromatic rings. The van der Waals surface area contributed by atoms with Crippen molar-refractivity contribution in [3.8, 4) is 28.6 Å². The molecule has 0 saturated heterocycles. The molecule has 0 spiro atoms. The van der Waals surface area contributed by atoms with Crippen LogP contribution in [0.4, 0.5) is 5.69 Å². The van der Waals surface area contributed by atoms with Crippen LogP contribution in [0, 0.1) is 0 Å². The Balaban J connectivity index is 1.56. The van der Waals surface area contributed by atoms with E-state index in [1.807, 2.05) is 44.2 Å². The number of para-hydroxylation sites is 2. The van der Waals surface area contributed by atoms with Gasteiger partial charge in [0.05, 0.1) is 18.9 Å². The van der Waals surface area contributed by atoms with Gasteiger partial charge in [-0.05, 0) is 44.2 Å². The second-order valence-corrected chi connectivity index (χ2v) is 5.98. The Hall–Kier alpha value is -3.61. The Bertz CT molecular complexity index is 928. The Morgan fingerprint density at radius 3 is 2.14 bits per heavy atom. The van der Waals surface area contributed by atoms with Crippen molar-refractivity contribution < 1.29 is 19.0 Å². The number of amides is 1. The van der Waals surface area contributed by atoms with Gasteiger partial charge in [-0.1, -0.05) is 24.3 Å². The minimum Gasteiger partial charge on any atom is -0.490 e. The molecular weight excluding hydrogens is 370 g/mol. The highest BCUT2D eigenvalue weighted by atomic mass is 16.5. The minimum absolute atomic E-state index is 0.115. The topological polar surface area (TPSA) is 82.6 Å². The maximum atomic E-state index is 12.2. The van der Waals surface area contributed by atoms with Gasteiger partial charge in [-0.2, -0.15) is 0 Å². The normalized spacial score (nSPS) is 10.3. The van der Waals surface area contributed by atoms with Crippen molar-refractivity contribution in [3.63, 3.8) is 0 Å². The maximum Gasteiger partial charge on any atom is 0.262 e. The molecule has 1 heterocycles. The predicted octanol–water partition coefficient (Wildman–Crippen LogP) is 3.96. The molecule has 1 amide bonds. The quantitative estimate of drug-likeness (QED) is 0.593. The van der Waals surface area contributed by atoms with E-state index in [0.29, 0.717) is 36.3 Å². The average molecular weight is 393 g/mol. The van der Waals surface area contributed by atoms with Gasteiger partial charge in [-0.3, -0.25) is 4.79 Å². The first-order valence-corrected chi connectivity index (χ1v) is 9.41. The van der Waals surface area contributed by atoms with Gasteiger partial charge in [0.25, 0.3) is 5.91 Å². The second-order valence-electron chi connectivity index (χ2n) is 5.98. The fraction of sp³-hybridized carbons (Fsp3) is 0.227. The molecule has 0 aliphatic carbocycles. The van der Waals surface area contributed by atoms with Gasteiger partial charge in [0, 0.05) is 17.3 Å². The summed E-state index contributed by atoms with van der Waals surface area (Å²) in [4.78, 5) is 12.2. The molecule has 0 radical (unpaired) electrons. The summed E-state index contributed by atoms with van der Waals surface area (Å²) in [5.74, 6) is 1.38.